The van der Waals surface area contributed by atoms with Crippen LogP contribution in [0.5, 0.6) is 0 Å². The van der Waals surface area contributed by atoms with Crippen molar-refractivity contribution in [3.63, 3.8) is 0 Å². The number of hydrogen-bond donors (Lipinski definition) is 1. The molecule has 0 aromatic heterocycles. The van der Waals surface area contributed by atoms with E-state index in [1.54, 1.807) is 0 Å². The number of aliphatic imine (C=N–C) groups is 1. The molecule has 1 unspecified atom stereocenters. The molecule has 0 saturated heterocycles. The predicted octanol–water partition coefficient (Wildman–Crippen LogP) is 3.57. The minimum atomic E-state index is -0.581. The molecule has 0 bridgehead atoms. The van der Waals surface area contributed by atoms with Crippen molar-refractivity contribution >= 4 is 28.1 Å². The van der Waals surface area contributed by atoms with Crippen LogP contribution in [-0.2, 0) is 0 Å². The number of aliphatic hydroxyl groups is 1. The molecule has 0 radical (unpaired) electrons. The summed E-state index contributed by atoms with van der Waals surface area (Å²) in [4.78, 5) is 9.05. The first-order valence-electron chi connectivity index (χ1n) is 8.67. The van der Waals surface area contributed by atoms with Crippen molar-refractivity contribution in [2.75, 3.05) is 29.4 Å². The Morgan fingerprint density at radius 2 is 1.68 bits per heavy atom. The molecule has 25 heavy (non-hydrogen) atoms. The number of benzene rings is 3. The van der Waals surface area contributed by atoms with Crippen LogP contribution in [0, 0.1) is 0 Å². The van der Waals surface area contributed by atoms with Crippen molar-refractivity contribution in [3.8, 4) is 0 Å². The minimum absolute atomic E-state index is 0.500. The summed E-state index contributed by atoms with van der Waals surface area (Å²) in [6.07, 6.45) is -0.581. The lowest BCUT2D eigenvalue weighted by molar-refractivity contribution is 0.189. The second-order valence-corrected chi connectivity index (χ2v) is 6.52. The molecule has 2 aliphatic rings. The lowest BCUT2D eigenvalue weighted by Gasteiger charge is -2.23. The van der Waals surface area contributed by atoms with Gasteiger partial charge in [0.05, 0.1) is 30.6 Å². The van der Waals surface area contributed by atoms with Gasteiger partial charge in [0.1, 0.15) is 0 Å². The zero-order valence-electron chi connectivity index (χ0n) is 13.8. The summed E-state index contributed by atoms with van der Waals surface area (Å²) < 4.78 is 0. The number of fused-ring (bicyclic) bond motifs is 4. The van der Waals surface area contributed by atoms with Crippen molar-refractivity contribution in [3.05, 3.63) is 72.3 Å². The third-order valence-electron chi connectivity index (χ3n) is 5.06. The molecular weight excluding hydrogens is 310 g/mol. The number of β-amino-alcohol motifs (C(OH)–C–C–N with tert-alkyl or cyclic N) is 1. The topological polar surface area (TPSA) is 39.1 Å². The third kappa shape index (κ3) is 2.22. The molecule has 4 nitrogen and oxygen atoms in total. The Bertz CT molecular complexity index is 976. The molecule has 0 fully saturated rings. The molecule has 2 aliphatic heterocycles. The second-order valence-electron chi connectivity index (χ2n) is 6.52. The Hall–Kier alpha value is -2.85. The number of aliphatic hydroxyl groups excluding tert-OH is 1. The average Bonchev–Trinajstić information content (AvgIpc) is 3.24. The predicted molar refractivity (Wildman–Crippen MR) is 102 cm³/mol. The van der Waals surface area contributed by atoms with E-state index in [2.05, 4.69) is 51.2 Å². The molecule has 1 N–H and O–H groups in total. The van der Waals surface area contributed by atoms with Gasteiger partial charge in [-0.05, 0) is 28.5 Å². The van der Waals surface area contributed by atoms with Gasteiger partial charge in [0.25, 0.3) is 0 Å². The zero-order chi connectivity index (χ0) is 16.8. The van der Waals surface area contributed by atoms with Crippen LogP contribution in [-0.4, -0.2) is 30.7 Å². The molecule has 1 atom stereocenters. The first-order chi connectivity index (χ1) is 12.3. The summed E-state index contributed by atoms with van der Waals surface area (Å²) >= 11 is 0. The van der Waals surface area contributed by atoms with Gasteiger partial charge in [-0.2, -0.15) is 0 Å². The van der Waals surface area contributed by atoms with Crippen LogP contribution in [0.4, 0.5) is 11.4 Å². The first-order valence-corrected chi connectivity index (χ1v) is 8.67. The van der Waals surface area contributed by atoms with E-state index in [0.29, 0.717) is 6.54 Å². The van der Waals surface area contributed by atoms with Gasteiger partial charge in [-0.3, -0.25) is 4.99 Å². The van der Waals surface area contributed by atoms with Gasteiger partial charge in [0, 0.05) is 6.54 Å². The Balaban J connectivity index is 1.53. The molecule has 124 valence electrons. The highest BCUT2D eigenvalue weighted by Crippen LogP contribution is 2.39. The van der Waals surface area contributed by atoms with Gasteiger partial charge in [0.2, 0.25) is 5.96 Å². The summed E-state index contributed by atoms with van der Waals surface area (Å²) in [5.41, 5.74) is 3.27. The van der Waals surface area contributed by atoms with Crippen molar-refractivity contribution in [2.45, 2.75) is 6.10 Å². The van der Waals surface area contributed by atoms with Crippen molar-refractivity contribution < 1.29 is 5.11 Å². The van der Waals surface area contributed by atoms with Gasteiger partial charge in [0.15, 0.2) is 0 Å². The summed E-state index contributed by atoms with van der Waals surface area (Å²) in [5.74, 6) is 0.959. The zero-order valence-corrected chi connectivity index (χ0v) is 13.8. The molecule has 0 saturated carbocycles. The van der Waals surface area contributed by atoms with Crippen LogP contribution in [0.25, 0.3) is 10.8 Å². The van der Waals surface area contributed by atoms with Gasteiger partial charge in [-0.25, -0.2) is 0 Å². The van der Waals surface area contributed by atoms with Crippen molar-refractivity contribution in [1.29, 1.82) is 0 Å². The number of anilines is 2. The maximum atomic E-state index is 11.0. The van der Waals surface area contributed by atoms with E-state index in [1.807, 2.05) is 30.3 Å². The molecule has 4 heteroatoms. The van der Waals surface area contributed by atoms with Gasteiger partial charge in [-0.1, -0.05) is 54.6 Å². The Morgan fingerprint density at radius 3 is 2.60 bits per heavy atom. The molecular formula is C21H19N3O. The second kappa shape index (κ2) is 5.60. The highest BCUT2D eigenvalue weighted by molar-refractivity contribution is 6.17. The maximum absolute atomic E-state index is 11.0. The first kappa shape index (κ1) is 14.5. The largest absolute Gasteiger partial charge is 0.387 e. The molecule has 0 amide bonds. The summed E-state index contributed by atoms with van der Waals surface area (Å²) in [6, 6.07) is 22.6. The Kier molecular flexibility index (Phi) is 3.25. The van der Waals surface area contributed by atoms with Gasteiger partial charge in [-0.15, -0.1) is 0 Å². The third-order valence-corrected chi connectivity index (χ3v) is 5.06. The van der Waals surface area contributed by atoms with E-state index < -0.39 is 6.10 Å². The van der Waals surface area contributed by atoms with E-state index in [1.165, 1.54) is 5.69 Å². The van der Waals surface area contributed by atoms with E-state index in [0.717, 1.165) is 41.1 Å². The number of nitrogens with zero attached hydrogens (tertiary/aromatic N) is 3. The number of guanidine groups is 1. The number of rotatable bonds is 3. The van der Waals surface area contributed by atoms with Gasteiger partial charge >= 0.3 is 0 Å². The average molecular weight is 329 g/mol. The van der Waals surface area contributed by atoms with E-state index >= 15 is 0 Å². The Labute approximate surface area is 146 Å². The summed E-state index contributed by atoms with van der Waals surface area (Å²) in [5, 5.41) is 13.3. The maximum Gasteiger partial charge on any atom is 0.206 e. The van der Waals surface area contributed by atoms with E-state index in [-0.39, 0.29) is 0 Å². The van der Waals surface area contributed by atoms with Crippen LogP contribution in [0.15, 0.2) is 71.7 Å². The van der Waals surface area contributed by atoms with Crippen LogP contribution in [0.2, 0.25) is 0 Å². The highest BCUT2D eigenvalue weighted by Gasteiger charge is 2.36. The van der Waals surface area contributed by atoms with Crippen molar-refractivity contribution in [1.82, 2.24) is 0 Å². The molecule has 0 spiro atoms. The number of hydrogen-bond acceptors (Lipinski definition) is 4. The fourth-order valence-electron chi connectivity index (χ4n) is 3.92. The van der Waals surface area contributed by atoms with Crippen molar-refractivity contribution in [2.24, 2.45) is 4.99 Å². The minimum Gasteiger partial charge on any atom is -0.387 e. The smallest absolute Gasteiger partial charge is 0.206 e. The Morgan fingerprint density at radius 1 is 0.920 bits per heavy atom. The molecule has 0 aliphatic carbocycles. The quantitative estimate of drug-likeness (QED) is 0.798. The van der Waals surface area contributed by atoms with Crippen LogP contribution in [0.1, 0.15) is 11.7 Å². The SMILES string of the molecule is OC(CN1C2=NCCN2c2ccccc21)c1cccc2ccccc12. The lowest BCUT2D eigenvalue weighted by Crippen LogP contribution is -2.38. The molecule has 5 rings (SSSR count). The van der Waals surface area contributed by atoms with Gasteiger partial charge < -0.3 is 14.9 Å². The molecule has 3 aromatic carbocycles. The summed E-state index contributed by atoms with van der Waals surface area (Å²) in [7, 11) is 0. The molecule has 2 heterocycles. The fraction of sp³-hybridized carbons (Fsp3) is 0.190. The van der Waals surface area contributed by atoms with E-state index in [4.69, 9.17) is 0 Å². The lowest BCUT2D eigenvalue weighted by atomic mass is 10.00. The number of para-hydroxylation sites is 2. The monoisotopic (exact) mass is 329 g/mol. The standard InChI is InChI=1S/C21H19N3O/c25-20(17-9-5-7-15-6-1-2-8-16(15)17)14-24-19-11-4-3-10-18(19)23-13-12-22-21(23)24/h1-11,20,25H,12-14H2. The van der Waals surface area contributed by atoms with E-state index in [9.17, 15) is 5.11 Å². The van der Waals surface area contributed by atoms with Crippen LogP contribution in [0.3, 0.4) is 0 Å². The summed E-state index contributed by atoms with van der Waals surface area (Å²) in [6.45, 7) is 2.22. The van der Waals surface area contributed by atoms with Crippen LogP contribution < -0.4 is 9.80 Å². The highest BCUT2D eigenvalue weighted by atomic mass is 16.3. The van der Waals surface area contributed by atoms with Crippen LogP contribution >= 0.6 is 0 Å². The normalized spacial score (nSPS) is 16.8. The fourth-order valence-corrected chi connectivity index (χ4v) is 3.92. The molecule has 3 aromatic rings.